The maximum absolute atomic E-state index is 4.42. The van der Waals surface area contributed by atoms with Crippen molar-refractivity contribution in [3.05, 3.63) is 30.4 Å². The zero-order chi connectivity index (χ0) is 15.5. The summed E-state index contributed by atoms with van der Waals surface area (Å²) in [7, 11) is 0. The van der Waals surface area contributed by atoms with Crippen molar-refractivity contribution in [2.45, 2.75) is 51.1 Å². The molecule has 5 nitrogen and oxygen atoms in total. The van der Waals surface area contributed by atoms with E-state index < -0.39 is 0 Å². The smallest absolute Gasteiger partial charge is 0.233 e. The molecule has 0 bridgehead atoms. The van der Waals surface area contributed by atoms with Crippen LogP contribution in [0, 0.1) is 0 Å². The topological polar surface area (TPSA) is 36.7 Å². The highest BCUT2D eigenvalue weighted by atomic mass is 15.2. The average Bonchev–Trinajstić information content (AvgIpc) is 2.82. The fourth-order valence-corrected chi connectivity index (χ4v) is 4.16. The average molecular weight is 313 g/mol. The molecule has 0 unspecified atom stereocenters. The van der Waals surface area contributed by atoms with E-state index in [1.54, 1.807) is 0 Å². The number of fused-ring (bicyclic) bond motifs is 1. The zero-order valence-corrected chi connectivity index (χ0v) is 13.9. The lowest BCUT2D eigenvalue weighted by Crippen LogP contribution is -2.48. The Hall–Kier alpha value is -1.46. The van der Waals surface area contributed by atoms with Crippen molar-refractivity contribution >= 4 is 5.78 Å². The van der Waals surface area contributed by atoms with Crippen molar-refractivity contribution in [3.8, 4) is 0 Å². The lowest BCUT2D eigenvalue weighted by atomic mass is 10.0. The van der Waals surface area contributed by atoms with E-state index in [1.165, 1.54) is 70.4 Å². The second kappa shape index (κ2) is 6.97. The molecule has 2 saturated heterocycles. The summed E-state index contributed by atoms with van der Waals surface area (Å²) in [5, 5.41) is 0. The Morgan fingerprint density at radius 1 is 1.00 bits per heavy atom. The molecule has 0 radical (unpaired) electrons. The van der Waals surface area contributed by atoms with Gasteiger partial charge in [-0.05, 0) is 51.4 Å². The van der Waals surface area contributed by atoms with Crippen molar-refractivity contribution in [1.82, 2.24) is 24.2 Å². The fourth-order valence-electron chi connectivity index (χ4n) is 4.16. The van der Waals surface area contributed by atoms with E-state index in [1.807, 2.05) is 18.5 Å². The van der Waals surface area contributed by atoms with Crippen LogP contribution < -0.4 is 0 Å². The molecule has 0 saturated carbocycles. The molecule has 0 spiro atoms. The van der Waals surface area contributed by atoms with Crippen molar-refractivity contribution in [1.29, 1.82) is 0 Å². The van der Waals surface area contributed by atoms with E-state index in [0.717, 1.165) is 18.4 Å². The molecule has 2 aliphatic rings. The van der Waals surface area contributed by atoms with Crippen LogP contribution in [0.25, 0.3) is 5.78 Å². The third-order valence-corrected chi connectivity index (χ3v) is 5.39. The summed E-state index contributed by atoms with van der Waals surface area (Å²) in [4.78, 5) is 14.1. The molecule has 2 aliphatic heterocycles. The molecule has 2 fully saturated rings. The number of hydrogen-bond acceptors (Lipinski definition) is 4. The number of hydrogen-bond donors (Lipinski definition) is 0. The van der Waals surface area contributed by atoms with Gasteiger partial charge in [0, 0.05) is 31.5 Å². The maximum Gasteiger partial charge on any atom is 0.233 e. The highest BCUT2D eigenvalue weighted by molar-refractivity contribution is 5.30. The first-order chi connectivity index (χ1) is 11.4. The molecular weight excluding hydrogens is 286 g/mol. The molecule has 5 heteroatoms. The Morgan fingerprint density at radius 3 is 2.74 bits per heavy atom. The van der Waals surface area contributed by atoms with Crippen molar-refractivity contribution in [2.75, 3.05) is 26.2 Å². The standard InChI is InChI=1S/C18H27N5/c1-2-4-11-22(10-3-1)16-7-5-9-21(14-16)15-17-13-20-18-19-8-6-12-23(17)18/h6,8,12-13,16H,1-5,7,9-11,14-15H2/t16-/m0/s1. The van der Waals surface area contributed by atoms with Crippen LogP contribution in [0.4, 0.5) is 0 Å². The molecule has 0 aromatic carbocycles. The van der Waals surface area contributed by atoms with Crippen LogP contribution in [-0.2, 0) is 6.54 Å². The molecular formula is C18H27N5. The minimum Gasteiger partial charge on any atom is -0.299 e. The molecule has 4 rings (SSSR count). The molecule has 2 aromatic heterocycles. The first-order valence-corrected chi connectivity index (χ1v) is 9.13. The van der Waals surface area contributed by atoms with Crippen molar-refractivity contribution in [3.63, 3.8) is 0 Å². The lowest BCUT2D eigenvalue weighted by molar-refractivity contribution is 0.0947. The Balaban J connectivity index is 1.43. The number of imidazole rings is 1. The Labute approximate surface area is 138 Å². The number of rotatable bonds is 3. The number of piperidine rings is 1. The third kappa shape index (κ3) is 3.40. The summed E-state index contributed by atoms with van der Waals surface area (Å²) < 4.78 is 2.12. The number of nitrogens with zero attached hydrogens (tertiary/aromatic N) is 5. The van der Waals surface area contributed by atoms with Gasteiger partial charge < -0.3 is 0 Å². The van der Waals surface area contributed by atoms with Crippen LogP contribution >= 0.6 is 0 Å². The van der Waals surface area contributed by atoms with Gasteiger partial charge in [0.25, 0.3) is 0 Å². The van der Waals surface area contributed by atoms with Gasteiger partial charge in [0.2, 0.25) is 5.78 Å². The molecule has 1 atom stereocenters. The van der Waals surface area contributed by atoms with Gasteiger partial charge in [0.15, 0.2) is 0 Å². The van der Waals surface area contributed by atoms with Gasteiger partial charge in [0.05, 0.1) is 11.9 Å². The van der Waals surface area contributed by atoms with E-state index in [9.17, 15) is 0 Å². The largest absolute Gasteiger partial charge is 0.299 e. The van der Waals surface area contributed by atoms with E-state index in [4.69, 9.17) is 0 Å². The van der Waals surface area contributed by atoms with Crippen molar-refractivity contribution in [2.24, 2.45) is 0 Å². The van der Waals surface area contributed by atoms with Crippen molar-refractivity contribution < 1.29 is 0 Å². The molecule has 0 aliphatic carbocycles. The van der Waals surface area contributed by atoms with Crippen LogP contribution in [0.2, 0.25) is 0 Å². The Kier molecular flexibility index (Phi) is 4.57. The summed E-state index contributed by atoms with van der Waals surface area (Å²) in [5.41, 5.74) is 1.25. The molecule has 0 amide bonds. The summed E-state index contributed by atoms with van der Waals surface area (Å²) in [5.74, 6) is 0.809. The zero-order valence-electron chi connectivity index (χ0n) is 13.9. The quantitative estimate of drug-likeness (QED) is 0.873. The summed E-state index contributed by atoms with van der Waals surface area (Å²) in [6, 6.07) is 2.73. The van der Waals surface area contributed by atoms with Gasteiger partial charge in [-0.25, -0.2) is 9.97 Å². The Morgan fingerprint density at radius 2 is 1.87 bits per heavy atom. The Bertz CT molecular complexity index is 629. The SMILES string of the molecule is c1cnc2ncc(CN3CCC[C@H](N4CCCCCC4)C3)n2c1. The van der Waals surface area contributed by atoms with Gasteiger partial charge >= 0.3 is 0 Å². The third-order valence-electron chi connectivity index (χ3n) is 5.39. The van der Waals surface area contributed by atoms with Gasteiger partial charge in [0.1, 0.15) is 0 Å². The minimum atomic E-state index is 0.749. The number of likely N-dealkylation sites (tertiary alicyclic amines) is 2. The van der Waals surface area contributed by atoms with Gasteiger partial charge in [-0.3, -0.25) is 14.2 Å². The first kappa shape index (κ1) is 15.1. The monoisotopic (exact) mass is 313 g/mol. The predicted molar refractivity (Wildman–Crippen MR) is 91.3 cm³/mol. The molecule has 23 heavy (non-hydrogen) atoms. The second-order valence-electron chi connectivity index (χ2n) is 7.02. The van der Waals surface area contributed by atoms with E-state index in [0.29, 0.717) is 0 Å². The van der Waals surface area contributed by atoms with Gasteiger partial charge in [-0.15, -0.1) is 0 Å². The van der Waals surface area contributed by atoms with Gasteiger partial charge in [-0.1, -0.05) is 12.8 Å². The fraction of sp³-hybridized carbons (Fsp3) is 0.667. The van der Waals surface area contributed by atoms with Crippen LogP contribution in [0.15, 0.2) is 24.7 Å². The van der Waals surface area contributed by atoms with Crippen LogP contribution in [0.1, 0.15) is 44.2 Å². The summed E-state index contributed by atoms with van der Waals surface area (Å²) in [6.45, 7) is 6.00. The summed E-state index contributed by atoms with van der Waals surface area (Å²) >= 11 is 0. The predicted octanol–water partition coefficient (Wildman–Crippen LogP) is 2.57. The van der Waals surface area contributed by atoms with E-state index in [2.05, 4.69) is 30.4 Å². The first-order valence-electron chi connectivity index (χ1n) is 9.13. The van der Waals surface area contributed by atoms with E-state index >= 15 is 0 Å². The lowest BCUT2D eigenvalue weighted by Gasteiger charge is -2.39. The summed E-state index contributed by atoms with van der Waals surface area (Å²) in [6.07, 6.45) is 14.1. The van der Waals surface area contributed by atoms with Crippen LogP contribution in [-0.4, -0.2) is 56.4 Å². The highest BCUT2D eigenvalue weighted by Gasteiger charge is 2.26. The molecule has 124 valence electrons. The molecule has 4 heterocycles. The number of aromatic nitrogens is 3. The molecule has 2 aromatic rings. The second-order valence-corrected chi connectivity index (χ2v) is 7.02. The van der Waals surface area contributed by atoms with E-state index in [-0.39, 0.29) is 0 Å². The normalized spacial score (nSPS) is 24.8. The maximum atomic E-state index is 4.42. The highest BCUT2D eigenvalue weighted by Crippen LogP contribution is 2.21. The minimum absolute atomic E-state index is 0.749. The van der Waals surface area contributed by atoms with Gasteiger partial charge in [-0.2, -0.15) is 0 Å². The van der Waals surface area contributed by atoms with Crippen LogP contribution in [0.5, 0.6) is 0 Å². The molecule has 0 N–H and O–H groups in total. The van der Waals surface area contributed by atoms with Crippen LogP contribution in [0.3, 0.4) is 0 Å².